The number of para-hydroxylation sites is 1. The van der Waals surface area contributed by atoms with Gasteiger partial charge in [0.05, 0.1) is 13.2 Å². The van der Waals surface area contributed by atoms with Gasteiger partial charge in [0.2, 0.25) is 5.91 Å². The third-order valence-corrected chi connectivity index (χ3v) is 6.65. The van der Waals surface area contributed by atoms with Crippen LogP contribution in [0.3, 0.4) is 0 Å². The molecule has 0 spiro atoms. The van der Waals surface area contributed by atoms with Gasteiger partial charge in [0.25, 0.3) is 0 Å². The second-order valence-electron chi connectivity index (χ2n) is 8.13. The van der Waals surface area contributed by atoms with Crippen molar-refractivity contribution in [2.75, 3.05) is 17.3 Å². The average molecular weight is 480 g/mol. The summed E-state index contributed by atoms with van der Waals surface area (Å²) >= 11 is 12.0. The van der Waals surface area contributed by atoms with Gasteiger partial charge in [-0.05, 0) is 67.7 Å². The van der Waals surface area contributed by atoms with Gasteiger partial charge < -0.3 is 20.1 Å². The van der Waals surface area contributed by atoms with Crippen LogP contribution in [0.4, 0.5) is 11.4 Å². The number of carbonyl (C=O) groups excluding carboxylic acids is 1. The number of methoxy groups -OCH3 is 1. The second-order valence-corrected chi connectivity index (χ2v) is 8.96. The molecule has 1 fully saturated rings. The third-order valence-electron chi connectivity index (χ3n) is 6.11. The van der Waals surface area contributed by atoms with Crippen LogP contribution in [0, 0.1) is 5.92 Å². The van der Waals surface area contributed by atoms with Crippen LogP contribution in [0.5, 0.6) is 11.5 Å². The molecule has 1 saturated heterocycles. The van der Waals surface area contributed by atoms with Gasteiger partial charge in [-0.15, -0.1) is 0 Å². The van der Waals surface area contributed by atoms with Crippen LogP contribution < -0.4 is 25.0 Å². The van der Waals surface area contributed by atoms with Crippen molar-refractivity contribution in [3.63, 3.8) is 0 Å². The zero-order valence-electron chi connectivity index (χ0n) is 18.0. The maximum Gasteiger partial charge on any atom is 0.236 e. The van der Waals surface area contributed by atoms with Gasteiger partial charge in [0.1, 0.15) is 17.4 Å². The summed E-state index contributed by atoms with van der Waals surface area (Å²) in [6.45, 7) is 1.89. The quantitative estimate of drug-likeness (QED) is 0.505. The lowest BCUT2D eigenvalue weighted by Crippen LogP contribution is -2.72. The first-order valence-electron chi connectivity index (χ1n) is 10.5. The molecular formula is C25H22ClN3O3S. The molecule has 0 radical (unpaired) electrons. The number of thiocarbonyl (C=S) groups is 1. The number of anilines is 2. The highest BCUT2D eigenvalue weighted by atomic mass is 35.5. The van der Waals surface area contributed by atoms with Crippen LogP contribution >= 0.6 is 23.8 Å². The number of ether oxygens (including phenoxy) is 2. The molecule has 0 aliphatic carbocycles. The molecule has 33 heavy (non-hydrogen) atoms. The predicted octanol–water partition coefficient (Wildman–Crippen LogP) is 5.15. The molecule has 2 aliphatic rings. The molecule has 3 aromatic rings. The van der Waals surface area contributed by atoms with E-state index in [9.17, 15) is 4.79 Å². The normalized spacial score (nSPS) is 23.1. The Bertz CT molecular complexity index is 1240. The molecule has 0 saturated carbocycles. The van der Waals surface area contributed by atoms with Crippen LogP contribution in [0.25, 0.3) is 0 Å². The summed E-state index contributed by atoms with van der Waals surface area (Å²) in [6, 6.07) is 21.9. The fraction of sp³-hybridized carbons (Fsp3) is 0.200. The first-order valence-corrected chi connectivity index (χ1v) is 11.3. The van der Waals surface area contributed by atoms with Gasteiger partial charge in [0.15, 0.2) is 10.8 Å². The molecule has 2 aliphatic heterocycles. The second kappa shape index (κ2) is 8.24. The maximum atomic E-state index is 13.7. The molecule has 2 bridgehead atoms. The largest absolute Gasteiger partial charge is 0.497 e. The Kier molecular flexibility index (Phi) is 5.38. The SMILES string of the molecule is COc1ccc(NC(=O)[C@H]2[C@@H]3NC(=S)N(c4cccc(Cl)c4)[C@]2(C)Oc2ccccc23)cc1. The summed E-state index contributed by atoms with van der Waals surface area (Å²) in [5.74, 6) is 0.607. The fourth-order valence-corrected chi connectivity index (χ4v) is 5.23. The van der Waals surface area contributed by atoms with Crippen molar-refractivity contribution in [1.82, 2.24) is 5.32 Å². The van der Waals surface area contributed by atoms with Gasteiger partial charge in [-0.3, -0.25) is 9.69 Å². The highest BCUT2D eigenvalue weighted by Gasteiger charge is 2.59. The topological polar surface area (TPSA) is 62.8 Å². The van der Waals surface area contributed by atoms with Crippen molar-refractivity contribution in [1.29, 1.82) is 0 Å². The van der Waals surface area contributed by atoms with E-state index in [1.54, 1.807) is 37.4 Å². The summed E-state index contributed by atoms with van der Waals surface area (Å²) in [5, 5.41) is 7.45. The van der Waals surface area contributed by atoms with E-state index in [1.807, 2.05) is 54.3 Å². The Morgan fingerprint density at radius 2 is 1.91 bits per heavy atom. The number of benzene rings is 3. The summed E-state index contributed by atoms with van der Waals surface area (Å²) in [5.41, 5.74) is 1.20. The smallest absolute Gasteiger partial charge is 0.236 e. The standard InChI is InChI=1S/C25H22ClN3O3S/c1-25-21(23(30)27-16-10-12-18(31-2)13-11-16)22(19-8-3-4-9-20(19)32-25)28-24(33)29(25)17-7-5-6-15(26)14-17/h3-14,21-22H,1-2H3,(H,27,30)(H,28,33)/t21-,22-,25-/m1/s1. The summed E-state index contributed by atoms with van der Waals surface area (Å²) in [6.07, 6.45) is 0. The Balaban J connectivity index is 1.59. The van der Waals surface area contributed by atoms with E-state index in [0.29, 0.717) is 27.3 Å². The number of carbonyl (C=O) groups is 1. The molecular weight excluding hydrogens is 458 g/mol. The molecule has 2 N–H and O–H groups in total. The third kappa shape index (κ3) is 3.67. The molecule has 6 nitrogen and oxygen atoms in total. The lowest BCUT2D eigenvalue weighted by atomic mass is 9.78. The zero-order chi connectivity index (χ0) is 23.2. The van der Waals surface area contributed by atoms with Crippen LogP contribution in [0.2, 0.25) is 5.02 Å². The highest BCUT2D eigenvalue weighted by Crippen LogP contribution is 2.49. The Labute approximate surface area is 202 Å². The van der Waals surface area contributed by atoms with Crippen molar-refractivity contribution < 1.29 is 14.3 Å². The van der Waals surface area contributed by atoms with Gasteiger partial charge in [-0.25, -0.2) is 0 Å². The summed E-state index contributed by atoms with van der Waals surface area (Å²) in [4.78, 5) is 15.6. The molecule has 1 amide bonds. The number of hydrogen-bond donors (Lipinski definition) is 2. The molecule has 0 unspecified atom stereocenters. The van der Waals surface area contributed by atoms with Crippen molar-refractivity contribution in [2.24, 2.45) is 5.92 Å². The van der Waals surface area contributed by atoms with E-state index in [2.05, 4.69) is 10.6 Å². The van der Waals surface area contributed by atoms with E-state index in [4.69, 9.17) is 33.3 Å². The molecule has 8 heteroatoms. The Hall–Kier alpha value is -3.29. The van der Waals surface area contributed by atoms with Gasteiger partial charge in [0, 0.05) is 22.0 Å². The van der Waals surface area contributed by atoms with Crippen LogP contribution in [-0.2, 0) is 4.79 Å². The Morgan fingerprint density at radius 3 is 2.64 bits per heavy atom. The van der Waals surface area contributed by atoms with Crippen molar-refractivity contribution in [3.05, 3.63) is 83.4 Å². The number of hydrogen-bond acceptors (Lipinski definition) is 4. The number of nitrogens with zero attached hydrogens (tertiary/aromatic N) is 1. The molecule has 3 aromatic carbocycles. The van der Waals surface area contributed by atoms with E-state index in [1.165, 1.54) is 0 Å². The maximum absolute atomic E-state index is 13.7. The van der Waals surface area contributed by atoms with Gasteiger partial charge in [-0.2, -0.15) is 0 Å². The molecule has 0 aromatic heterocycles. The summed E-state index contributed by atoms with van der Waals surface area (Å²) < 4.78 is 11.8. The minimum Gasteiger partial charge on any atom is -0.497 e. The molecule has 2 heterocycles. The lowest BCUT2D eigenvalue weighted by molar-refractivity contribution is -0.130. The summed E-state index contributed by atoms with van der Waals surface area (Å²) in [7, 11) is 1.60. The number of rotatable bonds is 4. The van der Waals surface area contributed by atoms with Crippen molar-refractivity contribution in [3.8, 4) is 11.5 Å². The Morgan fingerprint density at radius 1 is 1.15 bits per heavy atom. The van der Waals surface area contributed by atoms with Crippen LogP contribution in [0.1, 0.15) is 18.5 Å². The minimum absolute atomic E-state index is 0.191. The van der Waals surface area contributed by atoms with Gasteiger partial charge >= 0.3 is 0 Å². The van der Waals surface area contributed by atoms with Crippen molar-refractivity contribution >= 4 is 46.2 Å². The number of amides is 1. The van der Waals surface area contributed by atoms with Gasteiger partial charge in [-0.1, -0.05) is 35.9 Å². The van der Waals surface area contributed by atoms with Crippen LogP contribution in [0.15, 0.2) is 72.8 Å². The number of halogens is 1. The average Bonchev–Trinajstić information content (AvgIpc) is 2.79. The zero-order valence-corrected chi connectivity index (χ0v) is 19.6. The van der Waals surface area contributed by atoms with Crippen LogP contribution in [-0.4, -0.2) is 23.9 Å². The molecule has 168 valence electrons. The molecule has 5 rings (SSSR count). The monoisotopic (exact) mass is 479 g/mol. The predicted molar refractivity (Wildman–Crippen MR) is 133 cm³/mol. The first kappa shape index (κ1) is 21.6. The lowest BCUT2D eigenvalue weighted by Gasteiger charge is -2.56. The minimum atomic E-state index is -1.09. The van der Waals surface area contributed by atoms with Crippen molar-refractivity contribution in [2.45, 2.75) is 18.7 Å². The number of nitrogens with one attached hydrogen (secondary N) is 2. The van der Waals surface area contributed by atoms with E-state index < -0.39 is 11.6 Å². The number of fused-ring (bicyclic) bond motifs is 4. The highest BCUT2D eigenvalue weighted by molar-refractivity contribution is 7.80. The fourth-order valence-electron chi connectivity index (χ4n) is 4.63. The van der Waals surface area contributed by atoms with E-state index in [-0.39, 0.29) is 11.9 Å². The van der Waals surface area contributed by atoms with E-state index >= 15 is 0 Å². The van der Waals surface area contributed by atoms with E-state index in [0.717, 1.165) is 11.3 Å². The molecule has 3 atom stereocenters. The first-order chi connectivity index (χ1) is 15.9.